The fourth-order valence-corrected chi connectivity index (χ4v) is 4.88. The Balaban J connectivity index is 1.58. The van der Waals surface area contributed by atoms with E-state index in [9.17, 15) is 0 Å². The van der Waals surface area contributed by atoms with E-state index in [4.69, 9.17) is 4.98 Å². The van der Waals surface area contributed by atoms with Crippen molar-refractivity contribution in [3.05, 3.63) is 102 Å². The zero-order valence-electron chi connectivity index (χ0n) is 19.2. The number of aromatic nitrogens is 1. The summed E-state index contributed by atoms with van der Waals surface area (Å²) in [7, 11) is 0. The van der Waals surface area contributed by atoms with Crippen LogP contribution in [-0.4, -0.2) is 11.5 Å². The summed E-state index contributed by atoms with van der Waals surface area (Å²) in [6.07, 6.45) is 1.88. The molecule has 0 radical (unpaired) electrons. The van der Waals surface area contributed by atoms with Crippen LogP contribution in [0.25, 0.3) is 11.1 Å². The minimum atomic E-state index is 0.0173. The van der Waals surface area contributed by atoms with Crippen molar-refractivity contribution in [1.29, 1.82) is 0 Å². The van der Waals surface area contributed by atoms with Crippen LogP contribution in [-0.2, 0) is 5.41 Å². The quantitative estimate of drug-likeness (QED) is 0.370. The van der Waals surface area contributed by atoms with Gasteiger partial charge in [-0.2, -0.15) is 0 Å². The average molecular weight is 420 g/mol. The van der Waals surface area contributed by atoms with Gasteiger partial charge in [0.05, 0.1) is 5.69 Å². The summed E-state index contributed by atoms with van der Waals surface area (Å²) in [5.41, 5.74) is 9.96. The Hall–Kier alpha value is -3.59. The van der Waals surface area contributed by atoms with Crippen LogP contribution in [0.3, 0.4) is 0 Å². The highest BCUT2D eigenvalue weighted by Gasteiger charge is 2.37. The first-order valence-corrected chi connectivity index (χ1v) is 11.2. The minimum absolute atomic E-state index is 0.0173. The van der Waals surface area contributed by atoms with Gasteiger partial charge in [0.25, 0.3) is 0 Å². The van der Waals surface area contributed by atoms with Gasteiger partial charge in [0.2, 0.25) is 0 Å². The van der Waals surface area contributed by atoms with E-state index in [-0.39, 0.29) is 5.41 Å². The molecule has 0 bridgehead atoms. The summed E-state index contributed by atoms with van der Waals surface area (Å²) in [6, 6.07) is 27.8. The zero-order valence-corrected chi connectivity index (χ0v) is 19.2. The Kier molecular flexibility index (Phi) is 4.97. The van der Waals surface area contributed by atoms with Crippen molar-refractivity contribution < 1.29 is 0 Å². The van der Waals surface area contributed by atoms with E-state index in [1.165, 1.54) is 33.5 Å². The molecule has 32 heavy (non-hydrogen) atoms. The molecule has 1 aromatic heterocycles. The predicted molar refractivity (Wildman–Crippen MR) is 135 cm³/mol. The number of para-hydroxylation sites is 1. The first kappa shape index (κ1) is 20.3. The lowest BCUT2D eigenvalue weighted by atomic mass is 9.84. The molecule has 1 aliphatic heterocycles. The van der Waals surface area contributed by atoms with Crippen LogP contribution >= 0.6 is 0 Å². The highest BCUT2D eigenvalue weighted by atomic mass is 15.2. The third-order valence-corrected chi connectivity index (χ3v) is 6.43. The summed E-state index contributed by atoms with van der Waals surface area (Å²) in [5, 5.41) is 3.56. The standard InChI is InChI=1S/C29H29N3/c1-20-10-8-11-21(2)27(20)22-15-16-26-24(18-22)29(3,4)19-32(26)28-25(14-9-17-30-28)31-23-12-6-5-7-13-23/h5-18,31H,19H2,1-4H3. The van der Waals surface area contributed by atoms with E-state index < -0.39 is 0 Å². The molecule has 2 heterocycles. The lowest BCUT2D eigenvalue weighted by Crippen LogP contribution is -2.26. The van der Waals surface area contributed by atoms with Crippen molar-refractivity contribution >= 4 is 22.9 Å². The third-order valence-electron chi connectivity index (χ3n) is 6.43. The molecule has 0 unspecified atom stereocenters. The molecule has 1 aliphatic rings. The van der Waals surface area contributed by atoms with Gasteiger partial charge in [-0.3, -0.25) is 0 Å². The van der Waals surface area contributed by atoms with Gasteiger partial charge >= 0.3 is 0 Å². The molecule has 0 saturated heterocycles. The van der Waals surface area contributed by atoms with E-state index in [1.807, 2.05) is 30.5 Å². The Morgan fingerprint density at radius 3 is 2.34 bits per heavy atom. The van der Waals surface area contributed by atoms with Crippen LogP contribution in [0.1, 0.15) is 30.5 Å². The molecule has 0 atom stereocenters. The number of fused-ring (bicyclic) bond motifs is 1. The number of aryl methyl sites for hydroxylation is 2. The lowest BCUT2D eigenvalue weighted by Gasteiger charge is -2.24. The second-order valence-electron chi connectivity index (χ2n) is 9.33. The van der Waals surface area contributed by atoms with Crippen LogP contribution < -0.4 is 10.2 Å². The monoisotopic (exact) mass is 419 g/mol. The van der Waals surface area contributed by atoms with Crippen LogP contribution in [0, 0.1) is 13.8 Å². The van der Waals surface area contributed by atoms with E-state index in [2.05, 4.69) is 92.5 Å². The van der Waals surface area contributed by atoms with Crippen LogP contribution in [0.2, 0.25) is 0 Å². The van der Waals surface area contributed by atoms with Gasteiger partial charge in [0, 0.05) is 29.5 Å². The molecule has 0 fully saturated rings. The van der Waals surface area contributed by atoms with E-state index in [0.717, 1.165) is 23.7 Å². The zero-order chi connectivity index (χ0) is 22.3. The van der Waals surface area contributed by atoms with Crippen molar-refractivity contribution in [1.82, 2.24) is 4.98 Å². The Morgan fingerprint density at radius 1 is 0.844 bits per heavy atom. The summed E-state index contributed by atoms with van der Waals surface area (Å²) >= 11 is 0. The van der Waals surface area contributed by atoms with Gasteiger partial charge in [-0.1, -0.05) is 56.3 Å². The first-order valence-electron chi connectivity index (χ1n) is 11.2. The second-order valence-corrected chi connectivity index (χ2v) is 9.33. The number of rotatable bonds is 4. The second kappa shape index (κ2) is 7.83. The SMILES string of the molecule is Cc1cccc(C)c1-c1ccc2c(c1)C(C)(C)CN2c1ncccc1Nc1ccccc1. The number of hydrogen-bond donors (Lipinski definition) is 1. The van der Waals surface area contributed by atoms with Crippen molar-refractivity contribution in [3.8, 4) is 11.1 Å². The fourth-order valence-electron chi connectivity index (χ4n) is 4.88. The van der Waals surface area contributed by atoms with E-state index >= 15 is 0 Å². The number of nitrogens with zero attached hydrogens (tertiary/aromatic N) is 2. The lowest BCUT2D eigenvalue weighted by molar-refractivity contribution is 0.568. The van der Waals surface area contributed by atoms with Crippen LogP contribution in [0.4, 0.5) is 22.9 Å². The first-order chi connectivity index (χ1) is 15.4. The summed E-state index contributed by atoms with van der Waals surface area (Å²) in [4.78, 5) is 7.15. The van der Waals surface area contributed by atoms with Gasteiger partial charge in [-0.15, -0.1) is 0 Å². The van der Waals surface area contributed by atoms with Crippen molar-refractivity contribution in [2.45, 2.75) is 33.1 Å². The molecule has 3 heteroatoms. The van der Waals surface area contributed by atoms with Crippen molar-refractivity contribution in [2.75, 3.05) is 16.8 Å². The molecule has 1 N–H and O–H groups in total. The molecular formula is C29H29N3. The van der Waals surface area contributed by atoms with Crippen LogP contribution in [0.15, 0.2) is 85.1 Å². The molecule has 0 aliphatic carbocycles. The maximum Gasteiger partial charge on any atom is 0.156 e. The molecule has 3 aromatic carbocycles. The number of hydrogen-bond acceptors (Lipinski definition) is 3. The largest absolute Gasteiger partial charge is 0.352 e. The average Bonchev–Trinajstić information content (AvgIpc) is 3.05. The van der Waals surface area contributed by atoms with E-state index in [1.54, 1.807) is 0 Å². The predicted octanol–water partition coefficient (Wildman–Crippen LogP) is 7.54. The molecule has 5 rings (SSSR count). The number of anilines is 4. The van der Waals surface area contributed by atoms with E-state index in [0.29, 0.717) is 0 Å². The Morgan fingerprint density at radius 2 is 1.59 bits per heavy atom. The van der Waals surface area contributed by atoms with Gasteiger partial charge in [0.1, 0.15) is 0 Å². The maximum atomic E-state index is 4.79. The van der Waals surface area contributed by atoms with Crippen LogP contribution in [0.5, 0.6) is 0 Å². The molecule has 0 spiro atoms. The molecule has 3 nitrogen and oxygen atoms in total. The molecule has 160 valence electrons. The van der Waals surface area contributed by atoms with Gasteiger partial charge in [0.15, 0.2) is 5.82 Å². The number of benzene rings is 3. The van der Waals surface area contributed by atoms with Crippen molar-refractivity contribution in [2.24, 2.45) is 0 Å². The van der Waals surface area contributed by atoms with Crippen molar-refractivity contribution in [3.63, 3.8) is 0 Å². The topological polar surface area (TPSA) is 28.2 Å². The number of pyridine rings is 1. The third kappa shape index (κ3) is 3.54. The Labute approximate surface area is 190 Å². The maximum absolute atomic E-state index is 4.79. The normalized spacial score (nSPS) is 14.3. The van der Waals surface area contributed by atoms with Gasteiger partial charge in [-0.25, -0.2) is 4.98 Å². The minimum Gasteiger partial charge on any atom is -0.352 e. The molecule has 0 amide bonds. The highest BCUT2D eigenvalue weighted by Crippen LogP contribution is 2.47. The number of nitrogens with one attached hydrogen (secondary N) is 1. The highest BCUT2D eigenvalue weighted by molar-refractivity contribution is 5.83. The van der Waals surface area contributed by atoms with Gasteiger partial charge < -0.3 is 10.2 Å². The summed E-state index contributed by atoms with van der Waals surface area (Å²) in [6.45, 7) is 9.94. The summed E-state index contributed by atoms with van der Waals surface area (Å²) in [5.74, 6) is 0.961. The molecule has 0 saturated carbocycles. The fraction of sp³-hybridized carbons (Fsp3) is 0.207. The van der Waals surface area contributed by atoms with Gasteiger partial charge in [-0.05, 0) is 78.1 Å². The molecular weight excluding hydrogens is 390 g/mol. The summed E-state index contributed by atoms with van der Waals surface area (Å²) < 4.78 is 0. The molecule has 4 aromatic rings. The smallest absolute Gasteiger partial charge is 0.156 e. The Bertz CT molecular complexity index is 1250.